The Morgan fingerprint density at radius 1 is 1.05 bits per heavy atom. The first-order valence-corrected chi connectivity index (χ1v) is 12.2. The number of alkyl halides is 3. The minimum atomic E-state index is -4.49. The number of rotatable bonds is 6. The summed E-state index contributed by atoms with van der Waals surface area (Å²) in [6.07, 6.45) is -1.96. The lowest BCUT2D eigenvalue weighted by Crippen LogP contribution is -2.37. The number of anilines is 4. The number of ether oxygens (including phenoxy) is 1. The van der Waals surface area contributed by atoms with Gasteiger partial charge < -0.3 is 24.8 Å². The van der Waals surface area contributed by atoms with Crippen LogP contribution in [0.1, 0.15) is 5.56 Å². The molecule has 0 aliphatic carbocycles. The second-order valence-corrected chi connectivity index (χ2v) is 9.23. The van der Waals surface area contributed by atoms with Gasteiger partial charge in [-0.1, -0.05) is 0 Å². The van der Waals surface area contributed by atoms with Crippen molar-refractivity contribution in [2.24, 2.45) is 0 Å². The van der Waals surface area contributed by atoms with Gasteiger partial charge in [0.15, 0.2) is 29.1 Å². The summed E-state index contributed by atoms with van der Waals surface area (Å²) in [6, 6.07) is 6.96. The van der Waals surface area contributed by atoms with E-state index in [2.05, 4.69) is 30.4 Å². The SMILES string of the molecule is CN(C)c1cc(Nc2ccc(-n3nc(-c4ncc(F)c(N5CCOCC5)n4)[nH]c3=S)nc2)cc(C(F)(F)F)c1. The molecule has 1 aliphatic heterocycles. The highest BCUT2D eigenvalue weighted by molar-refractivity contribution is 7.71. The number of hydrogen-bond donors (Lipinski definition) is 2. The molecule has 3 aromatic heterocycles. The maximum absolute atomic E-state index is 14.4. The summed E-state index contributed by atoms with van der Waals surface area (Å²) >= 11 is 5.39. The Morgan fingerprint density at radius 3 is 2.49 bits per heavy atom. The van der Waals surface area contributed by atoms with Gasteiger partial charge in [-0.2, -0.15) is 17.9 Å². The molecule has 10 nitrogen and oxygen atoms in total. The number of benzene rings is 1. The fraction of sp³-hybridized carbons (Fsp3) is 0.292. The summed E-state index contributed by atoms with van der Waals surface area (Å²) in [4.78, 5) is 19.0. The van der Waals surface area contributed by atoms with Crippen molar-refractivity contribution in [2.45, 2.75) is 6.18 Å². The van der Waals surface area contributed by atoms with Crippen molar-refractivity contribution in [1.29, 1.82) is 0 Å². The zero-order valence-electron chi connectivity index (χ0n) is 20.8. The van der Waals surface area contributed by atoms with E-state index in [4.69, 9.17) is 17.0 Å². The fourth-order valence-corrected chi connectivity index (χ4v) is 4.14. The number of halogens is 4. The van der Waals surface area contributed by atoms with Crippen LogP contribution in [-0.2, 0) is 10.9 Å². The van der Waals surface area contributed by atoms with Gasteiger partial charge in [-0.05, 0) is 42.5 Å². The van der Waals surface area contributed by atoms with E-state index in [0.29, 0.717) is 43.5 Å². The summed E-state index contributed by atoms with van der Waals surface area (Å²) < 4.78 is 61.4. The van der Waals surface area contributed by atoms with Crippen LogP contribution in [0.25, 0.3) is 17.5 Å². The highest BCUT2D eigenvalue weighted by atomic mass is 32.1. The number of morpholine rings is 1. The number of aromatic nitrogens is 6. The first kappa shape index (κ1) is 26.5. The van der Waals surface area contributed by atoms with Crippen molar-refractivity contribution in [1.82, 2.24) is 29.7 Å². The summed E-state index contributed by atoms with van der Waals surface area (Å²) in [6.45, 7) is 1.94. The predicted molar refractivity (Wildman–Crippen MR) is 140 cm³/mol. The number of nitrogens with zero attached hydrogens (tertiary/aromatic N) is 7. The van der Waals surface area contributed by atoms with Gasteiger partial charge in [0.2, 0.25) is 4.77 Å². The van der Waals surface area contributed by atoms with E-state index < -0.39 is 17.6 Å². The summed E-state index contributed by atoms with van der Waals surface area (Å²) in [5.41, 5.74) is 0.344. The Balaban J connectivity index is 1.38. The number of aromatic amines is 1. The third kappa shape index (κ3) is 5.83. The average molecular weight is 562 g/mol. The van der Waals surface area contributed by atoms with Crippen LogP contribution in [0.3, 0.4) is 0 Å². The summed E-state index contributed by atoms with van der Waals surface area (Å²) in [5.74, 6) is 0.321. The van der Waals surface area contributed by atoms with Gasteiger partial charge in [0.05, 0.1) is 36.9 Å². The highest BCUT2D eigenvalue weighted by Gasteiger charge is 2.31. The maximum Gasteiger partial charge on any atom is 0.416 e. The molecule has 2 N–H and O–H groups in total. The summed E-state index contributed by atoms with van der Waals surface area (Å²) in [7, 11) is 3.33. The van der Waals surface area contributed by atoms with Gasteiger partial charge in [-0.25, -0.2) is 19.3 Å². The lowest BCUT2D eigenvalue weighted by Gasteiger charge is -2.27. The molecule has 0 unspecified atom stereocenters. The second kappa shape index (κ2) is 10.6. The molecule has 5 rings (SSSR count). The van der Waals surface area contributed by atoms with Gasteiger partial charge in [-0.15, -0.1) is 5.10 Å². The molecule has 1 aliphatic rings. The van der Waals surface area contributed by atoms with Gasteiger partial charge >= 0.3 is 6.18 Å². The Kier molecular flexibility index (Phi) is 7.18. The Labute approximate surface area is 225 Å². The molecule has 0 spiro atoms. The number of H-pyrrole nitrogens is 1. The van der Waals surface area contributed by atoms with Crippen LogP contribution in [0.2, 0.25) is 0 Å². The molecule has 0 amide bonds. The quantitative estimate of drug-likeness (QED) is 0.259. The van der Waals surface area contributed by atoms with Crippen LogP contribution in [0, 0.1) is 10.6 Å². The predicted octanol–water partition coefficient (Wildman–Crippen LogP) is 4.59. The monoisotopic (exact) mass is 561 g/mol. The molecule has 204 valence electrons. The van der Waals surface area contributed by atoms with Crippen LogP contribution in [0.15, 0.2) is 42.7 Å². The molecule has 4 heterocycles. The van der Waals surface area contributed by atoms with Crippen molar-refractivity contribution in [2.75, 3.05) is 55.5 Å². The fourth-order valence-electron chi connectivity index (χ4n) is 3.91. The first-order valence-electron chi connectivity index (χ1n) is 11.8. The second-order valence-electron chi connectivity index (χ2n) is 8.85. The zero-order chi connectivity index (χ0) is 27.7. The third-order valence-corrected chi connectivity index (χ3v) is 6.16. The van der Waals surface area contributed by atoms with Crippen molar-refractivity contribution in [3.63, 3.8) is 0 Å². The largest absolute Gasteiger partial charge is 0.416 e. The van der Waals surface area contributed by atoms with E-state index in [1.807, 2.05) is 0 Å². The molecule has 0 saturated carbocycles. The van der Waals surface area contributed by atoms with E-state index >= 15 is 0 Å². The number of pyridine rings is 1. The van der Waals surface area contributed by atoms with E-state index in [1.165, 1.54) is 10.9 Å². The molecule has 0 bridgehead atoms. The van der Waals surface area contributed by atoms with Gasteiger partial charge in [0, 0.05) is 38.6 Å². The maximum atomic E-state index is 14.4. The normalized spacial score (nSPS) is 13.9. The van der Waals surface area contributed by atoms with E-state index in [0.717, 1.165) is 18.3 Å². The standard InChI is InChI=1S/C24H23F4N9OS/c1-35(2)17-10-14(24(26,27)28)9-16(11-17)31-15-3-4-19(29-12-15)37-23(39)33-21(34-37)20-30-13-18(25)22(32-20)36-5-7-38-8-6-36/h3-4,9-13,31H,5-8H2,1-2H3,(H,33,34,39). The molecule has 0 atom stereocenters. The van der Waals surface area contributed by atoms with E-state index in [9.17, 15) is 17.6 Å². The lowest BCUT2D eigenvalue weighted by molar-refractivity contribution is -0.137. The molecular formula is C24H23F4N9OS. The number of nitrogens with one attached hydrogen (secondary N) is 2. The van der Waals surface area contributed by atoms with Crippen molar-refractivity contribution < 1.29 is 22.3 Å². The van der Waals surface area contributed by atoms with Gasteiger partial charge in [0.25, 0.3) is 0 Å². The molecule has 1 saturated heterocycles. The van der Waals surface area contributed by atoms with Crippen molar-refractivity contribution in [3.8, 4) is 17.5 Å². The number of hydrogen-bond acceptors (Lipinski definition) is 9. The van der Waals surface area contributed by atoms with Crippen LogP contribution in [-0.4, -0.2) is 70.1 Å². The van der Waals surface area contributed by atoms with Crippen LogP contribution in [0.4, 0.5) is 40.4 Å². The Bertz CT molecular complexity index is 1530. The molecule has 4 aromatic rings. The van der Waals surface area contributed by atoms with Crippen LogP contribution < -0.4 is 15.1 Å². The molecule has 1 fully saturated rings. The minimum absolute atomic E-state index is 0.151. The van der Waals surface area contributed by atoms with Crippen molar-refractivity contribution in [3.05, 3.63) is 58.9 Å². The highest BCUT2D eigenvalue weighted by Crippen LogP contribution is 2.35. The van der Waals surface area contributed by atoms with Crippen LogP contribution in [0.5, 0.6) is 0 Å². The topological polar surface area (TPSA) is 100 Å². The first-order chi connectivity index (χ1) is 18.6. The third-order valence-electron chi connectivity index (χ3n) is 5.88. The Hall–Kier alpha value is -4.11. The van der Waals surface area contributed by atoms with Crippen molar-refractivity contribution >= 4 is 35.1 Å². The minimum Gasteiger partial charge on any atom is -0.378 e. The molecular weight excluding hydrogens is 538 g/mol. The zero-order valence-corrected chi connectivity index (χ0v) is 21.6. The smallest absolute Gasteiger partial charge is 0.378 e. The van der Waals surface area contributed by atoms with E-state index in [-0.39, 0.29) is 27.9 Å². The lowest BCUT2D eigenvalue weighted by atomic mass is 10.1. The van der Waals surface area contributed by atoms with Gasteiger partial charge in [0.1, 0.15) is 0 Å². The molecule has 0 radical (unpaired) electrons. The molecule has 15 heteroatoms. The van der Waals surface area contributed by atoms with Crippen LogP contribution >= 0.6 is 12.2 Å². The average Bonchev–Trinajstić information content (AvgIpc) is 3.30. The Morgan fingerprint density at radius 2 is 1.82 bits per heavy atom. The summed E-state index contributed by atoms with van der Waals surface area (Å²) in [5, 5.41) is 7.36. The van der Waals surface area contributed by atoms with Gasteiger partial charge in [-0.3, -0.25) is 0 Å². The van der Waals surface area contributed by atoms with E-state index in [1.54, 1.807) is 42.1 Å². The molecule has 39 heavy (non-hydrogen) atoms. The molecule has 1 aromatic carbocycles.